The van der Waals surface area contributed by atoms with Gasteiger partial charge in [-0.05, 0) is 48.1 Å². The summed E-state index contributed by atoms with van der Waals surface area (Å²) in [5.74, 6) is 0.0112. The summed E-state index contributed by atoms with van der Waals surface area (Å²) in [4.78, 5) is 4.67. The fourth-order valence-electron chi connectivity index (χ4n) is 4.78. The molecule has 1 aliphatic heterocycles. The predicted octanol–water partition coefficient (Wildman–Crippen LogP) is 5.10. The molecule has 0 radical (unpaired) electrons. The van der Waals surface area contributed by atoms with Crippen molar-refractivity contribution < 1.29 is 8.42 Å². The number of piperazine rings is 1. The first-order valence-electron chi connectivity index (χ1n) is 11.0. The van der Waals surface area contributed by atoms with Gasteiger partial charge in [0.05, 0.1) is 15.4 Å². The van der Waals surface area contributed by atoms with Gasteiger partial charge in [-0.25, -0.2) is 13.6 Å². The Bertz CT molecular complexity index is 1010. The lowest BCUT2D eigenvalue weighted by molar-refractivity contribution is 0.103. The smallest absolute Gasteiger partial charge is 0.220 e. The summed E-state index contributed by atoms with van der Waals surface area (Å²) in [6, 6.07) is 5.71. The Balaban J connectivity index is 1.72. The Labute approximate surface area is 217 Å². The maximum absolute atomic E-state index is 12.9. The van der Waals surface area contributed by atoms with Crippen LogP contribution in [-0.4, -0.2) is 61.1 Å². The zero-order chi connectivity index (χ0) is 24.4. The van der Waals surface area contributed by atoms with Crippen LogP contribution in [0.4, 0.5) is 0 Å². The van der Waals surface area contributed by atoms with Crippen LogP contribution in [0.15, 0.2) is 41.5 Å². The SMILES string of the molecule is CC(C)CC(CN1CCN(Cc2ccc(Cl)c(Cl)c2)CC1)C1(S(N)(=O)=O)C=CC(Cl)=CC1Cl. The summed E-state index contributed by atoms with van der Waals surface area (Å²) in [5, 5.41) is 6.52. The van der Waals surface area contributed by atoms with Crippen LogP contribution in [0.25, 0.3) is 0 Å². The highest BCUT2D eigenvalue weighted by atomic mass is 35.5. The molecule has 1 heterocycles. The molecule has 5 nitrogen and oxygen atoms in total. The molecule has 3 rings (SSSR count). The van der Waals surface area contributed by atoms with E-state index in [0.29, 0.717) is 28.0 Å². The predicted molar refractivity (Wildman–Crippen MR) is 140 cm³/mol. The molecule has 0 amide bonds. The second-order valence-corrected chi connectivity index (χ2v) is 12.9. The van der Waals surface area contributed by atoms with E-state index in [0.717, 1.165) is 38.3 Å². The molecule has 1 fully saturated rings. The molecule has 0 saturated carbocycles. The number of hydrogen-bond donors (Lipinski definition) is 1. The fraction of sp³-hybridized carbons (Fsp3) is 0.565. The molecule has 33 heavy (non-hydrogen) atoms. The van der Waals surface area contributed by atoms with Gasteiger partial charge in [0.15, 0.2) is 0 Å². The molecule has 3 unspecified atom stereocenters. The van der Waals surface area contributed by atoms with Gasteiger partial charge in [0.2, 0.25) is 10.0 Å². The van der Waals surface area contributed by atoms with Gasteiger partial charge in [0.25, 0.3) is 0 Å². The van der Waals surface area contributed by atoms with Crippen molar-refractivity contribution in [1.29, 1.82) is 0 Å². The molecular weight excluding hydrogens is 524 g/mol. The monoisotopic (exact) mass is 553 g/mol. The molecule has 0 spiro atoms. The van der Waals surface area contributed by atoms with E-state index in [1.54, 1.807) is 18.2 Å². The quantitative estimate of drug-likeness (QED) is 0.454. The standard InChI is InChI=1S/C23H31Cl4N3O2S/c1-16(2)11-18(23(33(28,31)32)6-5-19(24)13-22(23)27)15-30-9-7-29(8-10-30)14-17-3-4-20(25)21(26)12-17/h3-6,12-13,16,18,22H,7-11,14-15H2,1-2H3,(H2,28,31,32). The zero-order valence-electron chi connectivity index (χ0n) is 18.9. The van der Waals surface area contributed by atoms with E-state index in [9.17, 15) is 8.42 Å². The molecular formula is C23H31Cl4N3O2S. The average molecular weight is 555 g/mol. The number of hydrogen-bond acceptors (Lipinski definition) is 4. The second kappa shape index (κ2) is 11.2. The molecule has 0 bridgehead atoms. The Morgan fingerprint density at radius 3 is 2.27 bits per heavy atom. The van der Waals surface area contributed by atoms with Crippen molar-refractivity contribution in [2.45, 2.75) is 36.9 Å². The second-order valence-electron chi connectivity index (χ2n) is 9.34. The van der Waals surface area contributed by atoms with Crippen molar-refractivity contribution in [2.75, 3.05) is 32.7 Å². The highest BCUT2D eigenvalue weighted by molar-refractivity contribution is 7.90. The minimum atomic E-state index is -4.00. The van der Waals surface area contributed by atoms with Crippen LogP contribution in [0.1, 0.15) is 25.8 Å². The molecule has 2 N–H and O–H groups in total. The maximum atomic E-state index is 12.9. The number of nitrogens with zero attached hydrogens (tertiary/aromatic N) is 2. The lowest BCUT2D eigenvalue weighted by Crippen LogP contribution is -2.59. The molecule has 1 aromatic rings. The van der Waals surface area contributed by atoms with Gasteiger partial charge in [0, 0.05) is 44.3 Å². The van der Waals surface area contributed by atoms with Gasteiger partial charge in [-0.3, -0.25) is 4.90 Å². The van der Waals surface area contributed by atoms with E-state index in [-0.39, 0.29) is 11.8 Å². The summed E-state index contributed by atoms with van der Waals surface area (Å²) in [6.45, 7) is 8.92. The van der Waals surface area contributed by atoms with E-state index in [4.69, 9.17) is 51.5 Å². The minimum Gasteiger partial charge on any atom is -0.300 e. The number of primary sulfonamides is 1. The van der Waals surface area contributed by atoms with Crippen molar-refractivity contribution in [1.82, 2.24) is 9.80 Å². The van der Waals surface area contributed by atoms with Crippen molar-refractivity contribution in [3.63, 3.8) is 0 Å². The summed E-state index contributed by atoms with van der Waals surface area (Å²) < 4.78 is 24.4. The van der Waals surface area contributed by atoms with E-state index in [1.807, 2.05) is 18.2 Å². The molecule has 1 aliphatic carbocycles. The lowest BCUT2D eigenvalue weighted by Gasteiger charge is -2.44. The molecule has 184 valence electrons. The summed E-state index contributed by atoms with van der Waals surface area (Å²) in [5.41, 5.74) is 1.12. The third-order valence-electron chi connectivity index (χ3n) is 6.46. The van der Waals surface area contributed by atoms with Gasteiger partial charge in [-0.2, -0.15) is 0 Å². The molecule has 3 atom stereocenters. The van der Waals surface area contributed by atoms with E-state index >= 15 is 0 Å². The van der Waals surface area contributed by atoms with Crippen LogP contribution in [0.2, 0.25) is 10.0 Å². The fourth-order valence-corrected chi connectivity index (χ4v) is 7.39. The summed E-state index contributed by atoms with van der Waals surface area (Å²) >= 11 is 24.9. The normalized spacial score (nSPS) is 25.9. The number of allylic oxidation sites excluding steroid dienone is 3. The van der Waals surface area contributed by atoms with Crippen molar-refractivity contribution in [3.8, 4) is 0 Å². The van der Waals surface area contributed by atoms with Gasteiger partial charge < -0.3 is 4.90 Å². The van der Waals surface area contributed by atoms with E-state index in [2.05, 4.69) is 23.6 Å². The number of rotatable bonds is 8. The Morgan fingerprint density at radius 1 is 1.09 bits per heavy atom. The Kier molecular flexibility index (Phi) is 9.24. The summed E-state index contributed by atoms with van der Waals surface area (Å²) in [6.07, 6.45) is 5.47. The van der Waals surface area contributed by atoms with Crippen LogP contribution < -0.4 is 5.14 Å². The molecule has 2 aliphatic rings. The minimum absolute atomic E-state index is 0.270. The molecule has 10 heteroatoms. The Morgan fingerprint density at radius 2 is 1.73 bits per heavy atom. The number of benzene rings is 1. The van der Waals surface area contributed by atoms with Gasteiger partial charge in [-0.15, -0.1) is 11.6 Å². The first kappa shape index (κ1) is 27.3. The van der Waals surface area contributed by atoms with Gasteiger partial charge in [0.1, 0.15) is 4.75 Å². The average Bonchev–Trinajstić information content (AvgIpc) is 2.71. The van der Waals surface area contributed by atoms with Gasteiger partial charge in [-0.1, -0.05) is 60.8 Å². The van der Waals surface area contributed by atoms with E-state index < -0.39 is 20.1 Å². The van der Waals surface area contributed by atoms with Crippen LogP contribution in [-0.2, 0) is 16.6 Å². The number of alkyl halides is 1. The van der Waals surface area contributed by atoms with Crippen LogP contribution in [0.3, 0.4) is 0 Å². The van der Waals surface area contributed by atoms with Gasteiger partial charge >= 0.3 is 0 Å². The van der Waals surface area contributed by atoms with Crippen LogP contribution in [0, 0.1) is 11.8 Å². The highest BCUT2D eigenvalue weighted by Crippen LogP contribution is 2.42. The highest BCUT2D eigenvalue weighted by Gasteiger charge is 2.52. The third kappa shape index (κ3) is 6.47. The molecule has 0 aromatic heterocycles. The number of nitrogens with two attached hydrogens (primary N) is 1. The first-order valence-corrected chi connectivity index (χ1v) is 14.2. The van der Waals surface area contributed by atoms with Crippen molar-refractivity contribution in [3.05, 3.63) is 57.1 Å². The largest absolute Gasteiger partial charge is 0.300 e. The molecule has 1 aromatic carbocycles. The first-order chi connectivity index (χ1) is 15.4. The van der Waals surface area contributed by atoms with Crippen molar-refractivity contribution in [2.24, 2.45) is 17.0 Å². The topological polar surface area (TPSA) is 66.6 Å². The van der Waals surface area contributed by atoms with Crippen molar-refractivity contribution >= 4 is 56.4 Å². The van der Waals surface area contributed by atoms with Crippen LogP contribution in [0.5, 0.6) is 0 Å². The number of halogens is 4. The maximum Gasteiger partial charge on any atom is 0.220 e. The zero-order valence-corrected chi connectivity index (χ0v) is 22.7. The third-order valence-corrected chi connectivity index (χ3v) is 9.78. The lowest BCUT2D eigenvalue weighted by atomic mass is 9.80. The summed E-state index contributed by atoms with van der Waals surface area (Å²) in [7, 11) is -4.00. The number of sulfonamides is 1. The Hall–Kier alpha value is -0.310. The molecule has 1 saturated heterocycles. The van der Waals surface area contributed by atoms with Crippen LogP contribution >= 0.6 is 46.4 Å². The van der Waals surface area contributed by atoms with E-state index in [1.165, 1.54) is 0 Å².